The Kier molecular flexibility index (Phi) is 7.62. The lowest BCUT2D eigenvalue weighted by Gasteiger charge is -2.39. The molecular formula is C24H30F2N4O6. The lowest BCUT2D eigenvalue weighted by atomic mass is 10.1. The van der Waals surface area contributed by atoms with Crippen LogP contribution in [0.1, 0.15) is 55.9 Å². The number of oxazole rings is 1. The molecule has 0 unspecified atom stereocenters. The van der Waals surface area contributed by atoms with Gasteiger partial charge in [0.05, 0.1) is 24.8 Å². The molecule has 0 radical (unpaired) electrons. The van der Waals surface area contributed by atoms with Gasteiger partial charge in [0.2, 0.25) is 5.89 Å². The number of hydrogen-bond acceptors (Lipinski definition) is 8. The minimum Gasteiger partial charge on any atom is -0.489 e. The van der Waals surface area contributed by atoms with Gasteiger partial charge in [-0.25, -0.2) is 9.78 Å². The predicted molar refractivity (Wildman–Crippen MR) is 124 cm³/mol. The van der Waals surface area contributed by atoms with Crippen molar-refractivity contribution in [2.24, 2.45) is 11.7 Å². The average Bonchev–Trinajstić information content (AvgIpc) is 3.49. The quantitative estimate of drug-likeness (QED) is 0.497. The second-order valence-electron chi connectivity index (χ2n) is 9.32. The van der Waals surface area contributed by atoms with E-state index in [1.54, 1.807) is 20.8 Å². The molecule has 1 saturated carbocycles. The maximum Gasteiger partial charge on any atom is 0.407 e. The van der Waals surface area contributed by atoms with Gasteiger partial charge >= 0.3 is 12.7 Å². The first kappa shape index (κ1) is 25.7. The van der Waals surface area contributed by atoms with Crippen molar-refractivity contribution in [3.05, 3.63) is 29.7 Å². The van der Waals surface area contributed by atoms with Crippen LogP contribution in [-0.4, -0.2) is 60.3 Å². The van der Waals surface area contributed by atoms with Crippen LogP contribution in [0.3, 0.4) is 0 Å². The van der Waals surface area contributed by atoms with E-state index in [0.717, 1.165) is 12.8 Å². The van der Waals surface area contributed by atoms with Crippen molar-refractivity contribution in [1.29, 1.82) is 0 Å². The van der Waals surface area contributed by atoms with Gasteiger partial charge in [0.15, 0.2) is 23.0 Å². The van der Waals surface area contributed by atoms with E-state index in [9.17, 15) is 18.4 Å². The standard InChI is InChI=1S/C24H30F2N4O6/c1-12(2)34-24(32)28-16-9-30(10-16)22(31)19-20(13(3)27)36-21(29-19)15-6-7-17(35-23(25)26)18(8-15)33-11-14-4-5-14/h6-8,12-14,16,23H,4-5,9-11,27H2,1-3H3,(H,28,32)/t13-/m0/s1. The number of carbonyl (C=O) groups excluding carboxylic acids is 2. The molecule has 1 aromatic carbocycles. The van der Waals surface area contributed by atoms with Gasteiger partial charge in [-0.2, -0.15) is 8.78 Å². The van der Waals surface area contributed by atoms with Crippen molar-refractivity contribution in [1.82, 2.24) is 15.2 Å². The summed E-state index contributed by atoms with van der Waals surface area (Å²) in [5.74, 6) is 0.333. The molecular weight excluding hydrogens is 478 g/mol. The first-order valence-corrected chi connectivity index (χ1v) is 11.9. The monoisotopic (exact) mass is 508 g/mol. The second-order valence-corrected chi connectivity index (χ2v) is 9.32. The van der Waals surface area contributed by atoms with Gasteiger partial charge in [-0.05, 0) is 57.7 Å². The lowest BCUT2D eigenvalue weighted by Crippen LogP contribution is -2.61. The van der Waals surface area contributed by atoms with E-state index in [-0.39, 0.29) is 54.1 Å². The highest BCUT2D eigenvalue weighted by atomic mass is 19.3. The largest absolute Gasteiger partial charge is 0.489 e. The molecule has 10 nitrogen and oxygen atoms in total. The zero-order valence-corrected chi connectivity index (χ0v) is 20.3. The van der Waals surface area contributed by atoms with Crippen molar-refractivity contribution in [3.63, 3.8) is 0 Å². The van der Waals surface area contributed by atoms with E-state index in [2.05, 4.69) is 15.0 Å². The van der Waals surface area contributed by atoms with Gasteiger partial charge in [-0.15, -0.1) is 0 Å². The fourth-order valence-corrected chi connectivity index (χ4v) is 3.66. The van der Waals surface area contributed by atoms with E-state index in [4.69, 9.17) is 19.6 Å². The van der Waals surface area contributed by atoms with Crippen molar-refractivity contribution in [2.45, 2.75) is 58.4 Å². The highest BCUT2D eigenvalue weighted by Crippen LogP contribution is 2.37. The number of rotatable bonds is 10. The third-order valence-corrected chi connectivity index (χ3v) is 5.68. The maximum absolute atomic E-state index is 13.1. The van der Waals surface area contributed by atoms with Crippen LogP contribution in [0.25, 0.3) is 11.5 Å². The van der Waals surface area contributed by atoms with Crippen LogP contribution in [-0.2, 0) is 4.74 Å². The topological polar surface area (TPSA) is 129 Å². The van der Waals surface area contributed by atoms with Gasteiger partial charge in [0.25, 0.3) is 5.91 Å². The number of nitrogens with two attached hydrogens (primary N) is 1. The summed E-state index contributed by atoms with van der Waals surface area (Å²) in [6.07, 6.45) is 1.26. The lowest BCUT2D eigenvalue weighted by molar-refractivity contribution is -0.0515. The van der Waals surface area contributed by atoms with E-state index in [1.807, 2.05) is 0 Å². The summed E-state index contributed by atoms with van der Waals surface area (Å²) in [5, 5.41) is 2.70. The van der Waals surface area contributed by atoms with Gasteiger partial charge in [0.1, 0.15) is 0 Å². The molecule has 4 rings (SSSR count). The Balaban J connectivity index is 1.50. The summed E-state index contributed by atoms with van der Waals surface area (Å²) in [6, 6.07) is 3.47. The number of halogens is 2. The molecule has 1 aromatic heterocycles. The molecule has 2 aliphatic rings. The Hall–Kier alpha value is -3.41. The molecule has 2 amide bonds. The number of alkyl halides is 2. The highest BCUT2D eigenvalue weighted by Gasteiger charge is 2.36. The molecule has 1 saturated heterocycles. The summed E-state index contributed by atoms with van der Waals surface area (Å²) >= 11 is 0. The molecule has 36 heavy (non-hydrogen) atoms. The van der Waals surface area contributed by atoms with Crippen molar-refractivity contribution >= 4 is 12.0 Å². The zero-order chi connectivity index (χ0) is 26.0. The second kappa shape index (κ2) is 10.7. The van der Waals surface area contributed by atoms with E-state index in [0.29, 0.717) is 18.1 Å². The number of benzene rings is 1. The van der Waals surface area contributed by atoms with Gasteiger partial charge in [0, 0.05) is 18.7 Å². The van der Waals surface area contributed by atoms with E-state index in [1.165, 1.54) is 23.1 Å². The number of nitrogens with one attached hydrogen (secondary N) is 1. The van der Waals surface area contributed by atoms with Crippen LogP contribution in [0.2, 0.25) is 0 Å². The van der Waals surface area contributed by atoms with Gasteiger partial charge in [-0.1, -0.05) is 0 Å². The number of alkyl carbamates (subject to hydrolysis) is 1. The van der Waals surface area contributed by atoms with Crippen molar-refractivity contribution < 1.29 is 37.0 Å². The molecule has 3 N–H and O–H groups in total. The van der Waals surface area contributed by atoms with Crippen LogP contribution >= 0.6 is 0 Å². The minimum atomic E-state index is -3.00. The fraction of sp³-hybridized carbons (Fsp3) is 0.542. The summed E-state index contributed by atoms with van der Waals surface area (Å²) in [5.41, 5.74) is 6.51. The van der Waals surface area contributed by atoms with Crippen LogP contribution in [0.4, 0.5) is 13.6 Å². The first-order chi connectivity index (χ1) is 17.1. The Labute approximate surface area is 207 Å². The number of hydrogen-bond donors (Lipinski definition) is 2. The van der Waals surface area contributed by atoms with Crippen LogP contribution in [0.5, 0.6) is 11.5 Å². The normalized spacial score (nSPS) is 16.6. The number of likely N-dealkylation sites (tertiary alicyclic amines) is 1. The number of carbonyl (C=O) groups is 2. The Morgan fingerprint density at radius 2 is 1.94 bits per heavy atom. The summed E-state index contributed by atoms with van der Waals surface area (Å²) in [6.45, 7) is 3.10. The minimum absolute atomic E-state index is 0.0524. The van der Waals surface area contributed by atoms with E-state index >= 15 is 0 Å². The number of aromatic nitrogens is 1. The molecule has 1 aliphatic carbocycles. The highest BCUT2D eigenvalue weighted by molar-refractivity contribution is 5.94. The van der Waals surface area contributed by atoms with E-state index < -0.39 is 24.7 Å². The van der Waals surface area contributed by atoms with Crippen molar-refractivity contribution in [3.8, 4) is 23.0 Å². The van der Waals surface area contributed by atoms with Crippen LogP contribution in [0.15, 0.2) is 22.6 Å². The predicted octanol–water partition coefficient (Wildman–Crippen LogP) is 3.71. The molecule has 1 aliphatic heterocycles. The maximum atomic E-state index is 13.1. The number of ether oxygens (including phenoxy) is 3. The molecule has 196 valence electrons. The first-order valence-electron chi connectivity index (χ1n) is 11.9. The zero-order valence-electron chi connectivity index (χ0n) is 20.3. The molecule has 0 spiro atoms. The summed E-state index contributed by atoms with van der Waals surface area (Å²) in [7, 11) is 0. The molecule has 2 fully saturated rings. The molecule has 2 heterocycles. The SMILES string of the molecule is CC(C)OC(=O)NC1CN(C(=O)c2nc(-c3ccc(OC(F)F)c(OCC4CC4)c3)oc2[C@H](C)N)C1. The summed E-state index contributed by atoms with van der Waals surface area (Å²) in [4.78, 5) is 30.8. The Bertz CT molecular complexity index is 1100. The molecule has 12 heteroatoms. The third-order valence-electron chi connectivity index (χ3n) is 5.68. The van der Waals surface area contributed by atoms with Gasteiger partial charge < -0.3 is 34.6 Å². The smallest absolute Gasteiger partial charge is 0.407 e. The fourth-order valence-electron chi connectivity index (χ4n) is 3.66. The summed E-state index contributed by atoms with van der Waals surface area (Å²) < 4.78 is 46.9. The van der Waals surface area contributed by atoms with Gasteiger partial charge in [-0.3, -0.25) is 4.79 Å². The van der Waals surface area contributed by atoms with Crippen LogP contribution in [0, 0.1) is 5.92 Å². The number of amides is 2. The third kappa shape index (κ3) is 6.23. The molecule has 2 aromatic rings. The van der Waals surface area contributed by atoms with Crippen LogP contribution < -0.4 is 20.5 Å². The number of nitrogens with zero attached hydrogens (tertiary/aromatic N) is 2. The van der Waals surface area contributed by atoms with Crippen molar-refractivity contribution in [2.75, 3.05) is 19.7 Å². The average molecular weight is 509 g/mol. The Morgan fingerprint density at radius 3 is 2.56 bits per heavy atom. The molecule has 0 bridgehead atoms. The molecule has 1 atom stereocenters. The Morgan fingerprint density at radius 1 is 1.22 bits per heavy atom.